The third-order valence-electron chi connectivity index (χ3n) is 3.85. The summed E-state index contributed by atoms with van der Waals surface area (Å²) >= 11 is 1.43. The highest BCUT2D eigenvalue weighted by Crippen LogP contribution is 2.23. The first kappa shape index (κ1) is 17.4. The quantitative estimate of drug-likeness (QED) is 0.771. The summed E-state index contributed by atoms with van der Waals surface area (Å²) in [7, 11) is 1.55. The fraction of sp³-hybridized carbons (Fsp3) is 0.533. The Morgan fingerprint density at radius 2 is 2.26 bits per heavy atom. The molecule has 1 saturated heterocycles. The second-order valence-electron chi connectivity index (χ2n) is 5.41. The molecule has 1 fully saturated rings. The number of thiophene rings is 1. The molecule has 1 aromatic heterocycles. The summed E-state index contributed by atoms with van der Waals surface area (Å²) in [6, 6.07) is 1.37. The van der Waals surface area contributed by atoms with Crippen LogP contribution in [0, 0.1) is 0 Å². The van der Waals surface area contributed by atoms with Crippen LogP contribution in [0.1, 0.15) is 29.6 Å². The lowest BCUT2D eigenvalue weighted by Gasteiger charge is -2.23. The maximum absolute atomic E-state index is 12.3. The van der Waals surface area contributed by atoms with Crippen LogP contribution in [0.4, 0.5) is 0 Å². The summed E-state index contributed by atoms with van der Waals surface area (Å²) in [5.74, 6) is -1.31. The Bertz CT molecular complexity index is 560. The van der Waals surface area contributed by atoms with Gasteiger partial charge in [-0.3, -0.25) is 14.4 Å². The number of carboxylic acids is 1. The Hall–Kier alpha value is -1.93. The van der Waals surface area contributed by atoms with Gasteiger partial charge in [0.1, 0.15) is 0 Å². The minimum absolute atomic E-state index is 0.0904. The van der Waals surface area contributed by atoms with Crippen LogP contribution in [-0.2, 0) is 14.3 Å². The Kier molecular flexibility index (Phi) is 6.12. The van der Waals surface area contributed by atoms with Crippen LogP contribution >= 0.6 is 11.3 Å². The molecule has 1 aromatic rings. The zero-order valence-corrected chi connectivity index (χ0v) is 13.7. The number of rotatable bonds is 7. The predicted molar refractivity (Wildman–Crippen MR) is 84.4 cm³/mol. The molecule has 0 spiro atoms. The van der Waals surface area contributed by atoms with E-state index in [2.05, 4.69) is 5.32 Å². The first-order chi connectivity index (χ1) is 11.0. The Balaban J connectivity index is 1.83. The molecule has 2 atom stereocenters. The molecule has 2 rings (SSSR count). The average Bonchev–Trinajstić information content (AvgIpc) is 3.15. The fourth-order valence-electron chi connectivity index (χ4n) is 2.67. The zero-order chi connectivity index (χ0) is 16.8. The largest absolute Gasteiger partial charge is 0.481 e. The average molecular weight is 340 g/mol. The van der Waals surface area contributed by atoms with E-state index in [0.29, 0.717) is 18.5 Å². The molecule has 2 heterocycles. The van der Waals surface area contributed by atoms with Gasteiger partial charge < -0.3 is 20.1 Å². The standard InChI is InChI=1S/C15H20N2O5S/c1-22-12-6-11(7-14(19)20)17(8-12)13(18)2-4-16-15(21)10-3-5-23-9-10/h3,5,9,11-12H,2,4,6-8H2,1H3,(H,16,21)(H,19,20). The third-order valence-corrected chi connectivity index (χ3v) is 4.53. The summed E-state index contributed by atoms with van der Waals surface area (Å²) < 4.78 is 5.24. The van der Waals surface area contributed by atoms with Gasteiger partial charge in [0.05, 0.1) is 12.5 Å². The van der Waals surface area contributed by atoms with Gasteiger partial charge in [-0.2, -0.15) is 11.3 Å². The lowest BCUT2D eigenvalue weighted by Crippen LogP contribution is -2.39. The van der Waals surface area contributed by atoms with Gasteiger partial charge in [-0.25, -0.2) is 0 Å². The van der Waals surface area contributed by atoms with Gasteiger partial charge in [-0.1, -0.05) is 0 Å². The molecule has 2 unspecified atom stereocenters. The molecule has 23 heavy (non-hydrogen) atoms. The van der Waals surface area contributed by atoms with Crippen molar-refractivity contribution in [1.82, 2.24) is 10.2 Å². The molecule has 1 aliphatic rings. The summed E-state index contributed by atoms with van der Waals surface area (Å²) in [4.78, 5) is 36.6. The van der Waals surface area contributed by atoms with Crippen molar-refractivity contribution in [2.45, 2.75) is 31.4 Å². The summed E-state index contributed by atoms with van der Waals surface area (Å²) in [5, 5.41) is 15.2. The molecule has 2 N–H and O–H groups in total. The first-order valence-corrected chi connectivity index (χ1v) is 8.30. The van der Waals surface area contributed by atoms with Gasteiger partial charge >= 0.3 is 5.97 Å². The number of methoxy groups -OCH3 is 1. The van der Waals surface area contributed by atoms with Crippen LogP contribution in [-0.4, -0.2) is 60.1 Å². The molecular weight excluding hydrogens is 320 g/mol. The monoisotopic (exact) mass is 340 g/mol. The number of amides is 2. The van der Waals surface area contributed by atoms with Gasteiger partial charge in [-0.05, 0) is 17.9 Å². The maximum Gasteiger partial charge on any atom is 0.305 e. The number of nitrogens with one attached hydrogen (secondary N) is 1. The topological polar surface area (TPSA) is 95.9 Å². The minimum Gasteiger partial charge on any atom is -0.481 e. The van der Waals surface area contributed by atoms with Crippen LogP contribution in [0.2, 0.25) is 0 Å². The number of hydrogen-bond donors (Lipinski definition) is 2. The maximum atomic E-state index is 12.3. The van der Waals surface area contributed by atoms with Gasteiger partial charge in [-0.15, -0.1) is 0 Å². The highest BCUT2D eigenvalue weighted by molar-refractivity contribution is 7.08. The van der Waals surface area contributed by atoms with Crippen LogP contribution in [0.15, 0.2) is 16.8 Å². The first-order valence-electron chi connectivity index (χ1n) is 7.35. The van der Waals surface area contributed by atoms with E-state index in [1.807, 2.05) is 5.38 Å². The SMILES string of the molecule is COC1CC(CC(=O)O)N(C(=O)CCNC(=O)c2ccsc2)C1. The number of nitrogens with zero attached hydrogens (tertiary/aromatic N) is 1. The molecule has 2 amide bonds. The molecule has 1 aliphatic heterocycles. The highest BCUT2D eigenvalue weighted by Gasteiger charge is 2.36. The number of ether oxygens (including phenoxy) is 1. The molecular formula is C15H20N2O5S. The normalized spacial score (nSPS) is 20.5. The summed E-state index contributed by atoms with van der Waals surface area (Å²) in [6.45, 7) is 0.618. The zero-order valence-electron chi connectivity index (χ0n) is 12.9. The van der Waals surface area contributed by atoms with E-state index in [-0.39, 0.29) is 43.3 Å². The predicted octanol–water partition coefficient (Wildman–Crippen LogP) is 0.959. The van der Waals surface area contributed by atoms with E-state index in [1.165, 1.54) is 11.3 Å². The van der Waals surface area contributed by atoms with Crippen LogP contribution in [0.3, 0.4) is 0 Å². The van der Waals surface area contributed by atoms with Crippen molar-refractivity contribution in [3.8, 4) is 0 Å². The molecule has 0 radical (unpaired) electrons. The van der Waals surface area contributed by atoms with Crippen molar-refractivity contribution < 1.29 is 24.2 Å². The Labute approximate surface area is 138 Å². The fourth-order valence-corrected chi connectivity index (χ4v) is 3.30. The van der Waals surface area contributed by atoms with E-state index >= 15 is 0 Å². The molecule has 0 bridgehead atoms. The van der Waals surface area contributed by atoms with Gasteiger partial charge in [0.25, 0.3) is 5.91 Å². The van der Waals surface area contributed by atoms with E-state index in [0.717, 1.165) is 0 Å². The Morgan fingerprint density at radius 3 is 2.87 bits per heavy atom. The molecule has 126 valence electrons. The highest BCUT2D eigenvalue weighted by atomic mass is 32.1. The van der Waals surface area contributed by atoms with E-state index < -0.39 is 5.97 Å². The lowest BCUT2D eigenvalue weighted by atomic mass is 10.1. The van der Waals surface area contributed by atoms with Crippen LogP contribution in [0.25, 0.3) is 0 Å². The smallest absolute Gasteiger partial charge is 0.305 e. The van der Waals surface area contributed by atoms with Gasteiger partial charge in [0.2, 0.25) is 5.91 Å². The van der Waals surface area contributed by atoms with E-state index in [1.54, 1.807) is 23.5 Å². The van der Waals surface area contributed by atoms with E-state index in [4.69, 9.17) is 9.84 Å². The van der Waals surface area contributed by atoms with Crippen LogP contribution < -0.4 is 5.32 Å². The van der Waals surface area contributed by atoms with Crippen LogP contribution in [0.5, 0.6) is 0 Å². The van der Waals surface area contributed by atoms with Gasteiger partial charge in [0.15, 0.2) is 0 Å². The van der Waals surface area contributed by atoms with Crippen molar-refractivity contribution >= 4 is 29.1 Å². The van der Waals surface area contributed by atoms with Crippen molar-refractivity contribution in [2.75, 3.05) is 20.2 Å². The minimum atomic E-state index is -0.935. The number of hydrogen-bond acceptors (Lipinski definition) is 5. The van der Waals surface area contributed by atoms with Crippen molar-refractivity contribution in [2.24, 2.45) is 0 Å². The summed E-state index contributed by atoms with van der Waals surface area (Å²) in [6.07, 6.45) is 0.439. The molecule has 0 aliphatic carbocycles. The second-order valence-corrected chi connectivity index (χ2v) is 6.19. The molecule has 0 saturated carbocycles. The lowest BCUT2D eigenvalue weighted by molar-refractivity contribution is -0.139. The Morgan fingerprint density at radius 1 is 1.48 bits per heavy atom. The molecule has 0 aromatic carbocycles. The van der Waals surface area contributed by atoms with Crippen molar-refractivity contribution in [3.63, 3.8) is 0 Å². The second kappa shape index (κ2) is 8.07. The number of carboxylic acid groups (broad SMARTS) is 1. The third kappa shape index (κ3) is 4.77. The summed E-state index contributed by atoms with van der Waals surface area (Å²) in [5.41, 5.74) is 0.576. The molecule has 8 heteroatoms. The van der Waals surface area contributed by atoms with Crippen molar-refractivity contribution in [3.05, 3.63) is 22.4 Å². The van der Waals surface area contributed by atoms with Crippen molar-refractivity contribution in [1.29, 1.82) is 0 Å². The number of carbonyl (C=O) groups excluding carboxylic acids is 2. The number of likely N-dealkylation sites (tertiary alicyclic amines) is 1. The number of carbonyl (C=O) groups is 3. The van der Waals surface area contributed by atoms with E-state index in [9.17, 15) is 14.4 Å². The molecule has 7 nitrogen and oxygen atoms in total. The van der Waals surface area contributed by atoms with Gasteiger partial charge in [0, 0.05) is 43.6 Å². The number of aliphatic carboxylic acids is 1.